The van der Waals surface area contributed by atoms with Crippen LogP contribution in [0.1, 0.15) is 31.7 Å². The molecule has 0 aliphatic carbocycles. The summed E-state index contributed by atoms with van der Waals surface area (Å²) >= 11 is 0. The van der Waals surface area contributed by atoms with E-state index in [1.54, 1.807) is 12.1 Å². The number of nitrogens with two attached hydrogens (primary N) is 1. The first kappa shape index (κ1) is 14.7. The number of nitrogens with zero attached hydrogens (tertiary/aromatic N) is 2. The number of anilines is 1. The lowest BCUT2D eigenvalue weighted by atomic mass is 9.94. The molecule has 0 radical (unpaired) electrons. The number of hydrogen-bond donors (Lipinski definition) is 2. The zero-order valence-corrected chi connectivity index (χ0v) is 11.8. The number of nitrogens with one attached hydrogen (secondary N) is 1. The van der Waals surface area contributed by atoms with Crippen molar-refractivity contribution in [2.24, 2.45) is 11.8 Å². The van der Waals surface area contributed by atoms with Gasteiger partial charge >= 0.3 is 0 Å². The number of nitro benzene ring substituents is 1. The maximum atomic E-state index is 10.9. The fourth-order valence-corrected chi connectivity index (χ4v) is 2.76. The van der Waals surface area contributed by atoms with Gasteiger partial charge in [-0.1, -0.05) is 13.3 Å². The lowest BCUT2D eigenvalue weighted by molar-refractivity contribution is -0.384. The van der Waals surface area contributed by atoms with Crippen LogP contribution in [0.25, 0.3) is 0 Å². The van der Waals surface area contributed by atoms with Crippen molar-refractivity contribution in [2.45, 2.75) is 32.7 Å². The zero-order valence-electron chi connectivity index (χ0n) is 11.8. The van der Waals surface area contributed by atoms with E-state index in [0.717, 1.165) is 30.3 Å². The van der Waals surface area contributed by atoms with Crippen molar-refractivity contribution in [1.29, 1.82) is 0 Å². The molecule has 110 valence electrons. The van der Waals surface area contributed by atoms with Gasteiger partial charge in [-0.3, -0.25) is 20.9 Å². The minimum atomic E-state index is -0.368. The van der Waals surface area contributed by atoms with Gasteiger partial charge in [0, 0.05) is 18.7 Å². The fourth-order valence-electron chi connectivity index (χ4n) is 2.76. The Bertz CT molecular complexity index is 470. The van der Waals surface area contributed by atoms with E-state index in [4.69, 9.17) is 5.84 Å². The van der Waals surface area contributed by atoms with E-state index >= 15 is 0 Å². The van der Waals surface area contributed by atoms with Gasteiger partial charge in [0.1, 0.15) is 0 Å². The highest BCUT2D eigenvalue weighted by Crippen LogP contribution is 2.26. The summed E-state index contributed by atoms with van der Waals surface area (Å²) in [6.45, 7) is 5.03. The number of piperidine rings is 1. The second kappa shape index (κ2) is 6.67. The average molecular weight is 278 g/mol. The Morgan fingerprint density at radius 1 is 1.45 bits per heavy atom. The topological polar surface area (TPSA) is 84.4 Å². The van der Waals surface area contributed by atoms with Gasteiger partial charge in [0.2, 0.25) is 0 Å². The molecule has 1 aromatic carbocycles. The molecule has 1 saturated heterocycles. The summed E-state index contributed by atoms with van der Waals surface area (Å²) in [4.78, 5) is 12.8. The van der Waals surface area contributed by atoms with E-state index in [1.165, 1.54) is 25.3 Å². The normalized spacial score (nSPS) is 17.1. The molecule has 0 bridgehead atoms. The number of likely N-dealkylation sites (tertiary alicyclic amines) is 1. The number of hydrogen-bond acceptors (Lipinski definition) is 5. The van der Waals surface area contributed by atoms with Gasteiger partial charge in [-0.2, -0.15) is 0 Å². The molecule has 1 aromatic rings. The van der Waals surface area contributed by atoms with Crippen LogP contribution >= 0.6 is 0 Å². The highest BCUT2D eigenvalue weighted by molar-refractivity contribution is 5.55. The molecule has 0 saturated carbocycles. The number of rotatable bonds is 5. The molecule has 0 atom stereocenters. The molecule has 6 nitrogen and oxygen atoms in total. The van der Waals surface area contributed by atoms with Crippen LogP contribution in [0.5, 0.6) is 0 Å². The first-order valence-electron chi connectivity index (χ1n) is 7.10. The summed E-state index contributed by atoms with van der Waals surface area (Å²) in [5, 5.41) is 10.9. The van der Waals surface area contributed by atoms with Crippen LogP contribution in [0.4, 0.5) is 11.4 Å². The number of hydrazine groups is 1. The van der Waals surface area contributed by atoms with E-state index in [1.807, 2.05) is 0 Å². The van der Waals surface area contributed by atoms with Gasteiger partial charge in [0.25, 0.3) is 5.69 Å². The van der Waals surface area contributed by atoms with E-state index in [2.05, 4.69) is 17.2 Å². The molecule has 1 heterocycles. The molecule has 0 aromatic heterocycles. The van der Waals surface area contributed by atoms with Crippen molar-refractivity contribution in [2.75, 3.05) is 18.5 Å². The van der Waals surface area contributed by atoms with E-state index in [-0.39, 0.29) is 10.6 Å². The number of benzene rings is 1. The number of nitro groups is 1. The third-order valence-electron chi connectivity index (χ3n) is 4.13. The summed E-state index contributed by atoms with van der Waals surface area (Å²) in [6.07, 6.45) is 3.65. The van der Waals surface area contributed by atoms with Gasteiger partial charge in [-0.25, -0.2) is 0 Å². The van der Waals surface area contributed by atoms with Crippen LogP contribution < -0.4 is 11.3 Å². The second-order valence-corrected chi connectivity index (χ2v) is 5.37. The predicted octanol–water partition coefficient (Wildman–Crippen LogP) is 2.50. The SMILES string of the molecule is CCC1CCN(Cc2cc([N+](=O)[O-])ccc2NN)CC1. The van der Waals surface area contributed by atoms with Crippen LogP contribution in [-0.4, -0.2) is 22.9 Å². The van der Waals surface area contributed by atoms with Gasteiger partial charge in [0.05, 0.1) is 10.6 Å². The fraction of sp³-hybridized carbons (Fsp3) is 0.571. The third kappa shape index (κ3) is 3.46. The quantitative estimate of drug-likeness (QED) is 0.491. The van der Waals surface area contributed by atoms with Gasteiger partial charge in [-0.15, -0.1) is 0 Å². The monoisotopic (exact) mass is 278 g/mol. The second-order valence-electron chi connectivity index (χ2n) is 5.37. The summed E-state index contributed by atoms with van der Waals surface area (Å²) < 4.78 is 0. The summed E-state index contributed by atoms with van der Waals surface area (Å²) in [5.41, 5.74) is 4.38. The van der Waals surface area contributed by atoms with Crippen LogP contribution in [0.2, 0.25) is 0 Å². The zero-order chi connectivity index (χ0) is 14.5. The molecule has 6 heteroatoms. The van der Waals surface area contributed by atoms with Gasteiger partial charge in [-0.05, 0) is 43.5 Å². The van der Waals surface area contributed by atoms with Crippen LogP contribution in [0, 0.1) is 16.0 Å². The van der Waals surface area contributed by atoms with Crippen molar-refractivity contribution in [3.63, 3.8) is 0 Å². The van der Waals surface area contributed by atoms with Crippen molar-refractivity contribution >= 4 is 11.4 Å². The summed E-state index contributed by atoms with van der Waals surface area (Å²) in [5.74, 6) is 6.31. The summed E-state index contributed by atoms with van der Waals surface area (Å²) in [7, 11) is 0. The third-order valence-corrected chi connectivity index (χ3v) is 4.13. The highest BCUT2D eigenvalue weighted by atomic mass is 16.6. The lowest BCUT2D eigenvalue weighted by Gasteiger charge is -2.31. The maximum Gasteiger partial charge on any atom is 0.269 e. The molecule has 0 unspecified atom stereocenters. The Balaban J connectivity index is 2.08. The Morgan fingerprint density at radius 3 is 2.70 bits per heavy atom. The van der Waals surface area contributed by atoms with Gasteiger partial charge < -0.3 is 5.43 Å². The number of non-ortho nitro benzene ring substituents is 1. The average Bonchev–Trinajstić information content (AvgIpc) is 2.48. The Morgan fingerprint density at radius 2 is 2.15 bits per heavy atom. The van der Waals surface area contributed by atoms with E-state index < -0.39 is 0 Å². The molecule has 1 fully saturated rings. The van der Waals surface area contributed by atoms with Crippen LogP contribution in [0.3, 0.4) is 0 Å². The maximum absolute atomic E-state index is 10.9. The minimum Gasteiger partial charge on any atom is -0.324 e. The first-order chi connectivity index (χ1) is 9.63. The predicted molar refractivity (Wildman–Crippen MR) is 79.2 cm³/mol. The van der Waals surface area contributed by atoms with Gasteiger partial charge in [0.15, 0.2) is 0 Å². The molecular formula is C14H22N4O2. The van der Waals surface area contributed by atoms with E-state index in [9.17, 15) is 10.1 Å². The molecule has 1 aliphatic rings. The van der Waals surface area contributed by atoms with Crippen molar-refractivity contribution in [3.8, 4) is 0 Å². The Kier molecular flexibility index (Phi) is 4.92. The number of nitrogen functional groups attached to an aromatic ring is 1. The minimum absolute atomic E-state index is 0.113. The van der Waals surface area contributed by atoms with Crippen LogP contribution in [-0.2, 0) is 6.54 Å². The smallest absolute Gasteiger partial charge is 0.269 e. The highest BCUT2D eigenvalue weighted by Gasteiger charge is 2.19. The Hall–Kier alpha value is -1.66. The van der Waals surface area contributed by atoms with Crippen molar-refractivity contribution in [1.82, 2.24) is 4.90 Å². The molecule has 20 heavy (non-hydrogen) atoms. The van der Waals surface area contributed by atoms with E-state index in [0.29, 0.717) is 6.54 Å². The lowest BCUT2D eigenvalue weighted by Crippen LogP contribution is -2.33. The largest absolute Gasteiger partial charge is 0.324 e. The summed E-state index contributed by atoms with van der Waals surface area (Å²) in [6, 6.07) is 4.76. The van der Waals surface area contributed by atoms with Crippen LogP contribution in [0.15, 0.2) is 18.2 Å². The molecule has 3 N–H and O–H groups in total. The molecule has 2 rings (SSSR count). The molecule has 0 spiro atoms. The molecule has 0 amide bonds. The van der Waals surface area contributed by atoms with Crippen molar-refractivity contribution in [3.05, 3.63) is 33.9 Å². The first-order valence-corrected chi connectivity index (χ1v) is 7.10. The molecule has 1 aliphatic heterocycles. The Labute approximate surface area is 119 Å². The molecular weight excluding hydrogens is 256 g/mol. The van der Waals surface area contributed by atoms with Crippen molar-refractivity contribution < 1.29 is 4.92 Å². The standard InChI is InChI=1S/C14H22N4O2/c1-2-11-5-7-17(8-6-11)10-12-9-13(18(19)20)3-4-14(12)16-15/h3-4,9,11,16H,2,5-8,10,15H2,1H3.